The van der Waals surface area contributed by atoms with Crippen LogP contribution in [0.3, 0.4) is 0 Å². The summed E-state index contributed by atoms with van der Waals surface area (Å²) in [7, 11) is -2.86. The molecule has 0 aromatic carbocycles. The summed E-state index contributed by atoms with van der Waals surface area (Å²) in [4.78, 5) is 16.4. The molecular formula is C12H17BrN4O4S. The van der Waals surface area contributed by atoms with Crippen molar-refractivity contribution in [1.29, 1.82) is 0 Å². The van der Waals surface area contributed by atoms with E-state index >= 15 is 0 Å². The second-order valence-corrected chi connectivity index (χ2v) is 8.20. The highest BCUT2D eigenvalue weighted by atomic mass is 79.9. The number of hydrogen-bond donors (Lipinski definition) is 1. The number of pyridine rings is 1. The molecule has 0 aliphatic carbocycles. The standard InChI is InChI=1S/C12H17BrN4O4S/c13-10-8-14-9-11(17(18)19)12(10)15-2-1-3-16-4-6-22(20,21)7-5-16/h8-9H,1-7H2,(H,14,15). The lowest BCUT2D eigenvalue weighted by atomic mass is 10.3. The molecule has 0 bridgehead atoms. The summed E-state index contributed by atoms with van der Waals surface area (Å²) in [5, 5.41) is 14.0. The summed E-state index contributed by atoms with van der Waals surface area (Å²) in [6, 6.07) is 0. The third kappa shape index (κ3) is 4.62. The second kappa shape index (κ2) is 7.34. The first-order valence-electron chi connectivity index (χ1n) is 6.83. The second-order valence-electron chi connectivity index (χ2n) is 5.05. The molecule has 2 rings (SSSR count). The van der Waals surface area contributed by atoms with Gasteiger partial charge in [0.2, 0.25) is 0 Å². The molecule has 22 heavy (non-hydrogen) atoms. The van der Waals surface area contributed by atoms with E-state index in [2.05, 4.69) is 31.1 Å². The van der Waals surface area contributed by atoms with Crippen LogP contribution in [0.25, 0.3) is 0 Å². The topological polar surface area (TPSA) is 105 Å². The van der Waals surface area contributed by atoms with Crippen molar-refractivity contribution in [1.82, 2.24) is 9.88 Å². The molecule has 122 valence electrons. The van der Waals surface area contributed by atoms with Gasteiger partial charge in [-0.2, -0.15) is 0 Å². The quantitative estimate of drug-likeness (QED) is 0.441. The van der Waals surface area contributed by atoms with E-state index in [0.29, 0.717) is 29.8 Å². The third-order valence-electron chi connectivity index (χ3n) is 3.47. The average Bonchev–Trinajstić information content (AvgIpc) is 2.46. The maximum atomic E-state index is 11.3. The number of halogens is 1. The van der Waals surface area contributed by atoms with E-state index in [4.69, 9.17) is 0 Å². The number of nitrogens with one attached hydrogen (secondary N) is 1. The van der Waals surface area contributed by atoms with Gasteiger partial charge in [0.05, 0.1) is 20.9 Å². The van der Waals surface area contributed by atoms with E-state index in [-0.39, 0.29) is 17.2 Å². The Kier molecular flexibility index (Phi) is 5.70. The Morgan fingerprint density at radius 1 is 1.36 bits per heavy atom. The van der Waals surface area contributed by atoms with Crippen molar-refractivity contribution < 1.29 is 13.3 Å². The minimum Gasteiger partial charge on any atom is -0.378 e. The molecule has 0 saturated carbocycles. The summed E-state index contributed by atoms with van der Waals surface area (Å²) < 4.78 is 23.2. The van der Waals surface area contributed by atoms with E-state index in [9.17, 15) is 18.5 Å². The highest BCUT2D eigenvalue weighted by Crippen LogP contribution is 2.30. The minimum atomic E-state index is -2.86. The van der Waals surface area contributed by atoms with Gasteiger partial charge in [-0.25, -0.2) is 8.42 Å². The number of hydrogen-bond acceptors (Lipinski definition) is 7. The normalized spacial score (nSPS) is 18.0. The molecule has 0 radical (unpaired) electrons. The number of sulfone groups is 1. The van der Waals surface area contributed by atoms with Crippen LogP contribution in [0.15, 0.2) is 16.9 Å². The maximum absolute atomic E-state index is 11.3. The van der Waals surface area contributed by atoms with Crippen LogP contribution in [0.1, 0.15) is 6.42 Å². The van der Waals surface area contributed by atoms with Crippen molar-refractivity contribution >= 4 is 37.1 Å². The van der Waals surface area contributed by atoms with Crippen molar-refractivity contribution in [2.75, 3.05) is 43.0 Å². The molecule has 1 aliphatic heterocycles. The molecule has 8 nitrogen and oxygen atoms in total. The van der Waals surface area contributed by atoms with Crippen LogP contribution in [0.5, 0.6) is 0 Å². The number of anilines is 1. The number of nitrogens with zero attached hydrogens (tertiary/aromatic N) is 3. The van der Waals surface area contributed by atoms with Crippen molar-refractivity contribution in [3.05, 3.63) is 27.0 Å². The molecule has 0 spiro atoms. The maximum Gasteiger partial charge on any atom is 0.311 e. The zero-order valence-electron chi connectivity index (χ0n) is 11.9. The van der Waals surface area contributed by atoms with Crippen LogP contribution >= 0.6 is 15.9 Å². The van der Waals surface area contributed by atoms with Crippen LogP contribution in [0.4, 0.5) is 11.4 Å². The van der Waals surface area contributed by atoms with Crippen molar-refractivity contribution in [3.63, 3.8) is 0 Å². The van der Waals surface area contributed by atoms with E-state index in [1.54, 1.807) is 0 Å². The first kappa shape index (κ1) is 17.1. The Morgan fingerprint density at radius 3 is 2.68 bits per heavy atom. The van der Waals surface area contributed by atoms with E-state index in [0.717, 1.165) is 13.0 Å². The fraction of sp³-hybridized carbons (Fsp3) is 0.583. The molecule has 1 fully saturated rings. The molecule has 1 saturated heterocycles. The predicted molar refractivity (Wildman–Crippen MR) is 86.8 cm³/mol. The lowest BCUT2D eigenvalue weighted by Gasteiger charge is -2.26. The average molecular weight is 393 g/mol. The summed E-state index contributed by atoms with van der Waals surface area (Å²) in [5.74, 6) is 0.420. The van der Waals surface area contributed by atoms with Crippen molar-refractivity contribution in [3.8, 4) is 0 Å². The number of rotatable bonds is 6. The Morgan fingerprint density at radius 2 is 2.05 bits per heavy atom. The van der Waals surface area contributed by atoms with Crippen molar-refractivity contribution in [2.24, 2.45) is 0 Å². The smallest absolute Gasteiger partial charge is 0.311 e. The molecule has 0 unspecified atom stereocenters. The first-order chi connectivity index (χ1) is 10.4. The predicted octanol–water partition coefficient (Wildman–Crippen LogP) is 1.28. The van der Waals surface area contributed by atoms with Crippen LogP contribution in [0, 0.1) is 10.1 Å². The van der Waals surface area contributed by atoms with Gasteiger partial charge >= 0.3 is 5.69 Å². The monoisotopic (exact) mass is 392 g/mol. The van der Waals surface area contributed by atoms with Crippen LogP contribution in [-0.2, 0) is 9.84 Å². The van der Waals surface area contributed by atoms with Gasteiger partial charge in [-0.05, 0) is 28.9 Å². The Balaban J connectivity index is 1.81. The molecule has 10 heteroatoms. The van der Waals surface area contributed by atoms with E-state index < -0.39 is 14.8 Å². The summed E-state index contributed by atoms with van der Waals surface area (Å²) in [6.45, 7) is 2.44. The lowest BCUT2D eigenvalue weighted by molar-refractivity contribution is -0.384. The molecule has 0 amide bonds. The van der Waals surface area contributed by atoms with Gasteiger partial charge in [-0.1, -0.05) is 0 Å². The first-order valence-corrected chi connectivity index (χ1v) is 9.45. The van der Waals surface area contributed by atoms with Gasteiger partial charge in [0.15, 0.2) is 9.84 Å². The van der Waals surface area contributed by atoms with Gasteiger partial charge in [-0.15, -0.1) is 0 Å². The van der Waals surface area contributed by atoms with E-state index in [1.807, 2.05) is 0 Å². The lowest BCUT2D eigenvalue weighted by Crippen LogP contribution is -2.41. The zero-order chi connectivity index (χ0) is 16.2. The highest BCUT2D eigenvalue weighted by molar-refractivity contribution is 9.10. The Hall–Kier alpha value is -1.26. The summed E-state index contributed by atoms with van der Waals surface area (Å²) >= 11 is 3.25. The molecule has 1 N–H and O–H groups in total. The number of aromatic nitrogens is 1. The summed E-state index contributed by atoms with van der Waals surface area (Å²) in [5.41, 5.74) is 0.347. The molecule has 1 aromatic heterocycles. The molecule has 0 atom stereocenters. The van der Waals surface area contributed by atoms with Crippen LogP contribution < -0.4 is 5.32 Å². The van der Waals surface area contributed by atoms with Crippen LogP contribution in [-0.4, -0.2) is 60.9 Å². The van der Waals surface area contributed by atoms with Gasteiger partial charge in [0, 0.05) is 25.8 Å². The molecule has 2 heterocycles. The van der Waals surface area contributed by atoms with Gasteiger partial charge in [0.1, 0.15) is 11.9 Å². The highest BCUT2D eigenvalue weighted by Gasteiger charge is 2.21. The summed E-state index contributed by atoms with van der Waals surface area (Å²) in [6.07, 6.45) is 3.49. The largest absolute Gasteiger partial charge is 0.378 e. The number of nitro groups is 1. The molecule has 1 aromatic rings. The fourth-order valence-corrected chi connectivity index (χ4v) is 3.97. The van der Waals surface area contributed by atoms with E-state index in [1.165, 1.54) is 12.4 Å². The van der Waals surface area contributed by atoms with Crippen LogP contribution in [0.2, 0.25) is 0 Å². The molecular weight excluding hydrogens is 376 g/mol. The van der Waals surface area contributed by atoms with Gasteiger partial charge in [0.25, 0.3) is 0 Å². The SMILES string of the molecule is O=[N+]([O-])c1cncc(Br)c1NCCCN1CCS(=O)(=O)CC1. The Bertz CT molecular complexity index is 639. The van der Waals surface area contributed by atoms with Crippen molar-refractivity contribution in [2.45, 2.75) is 6.42 Å². The third-order valence-corrected chi connectivity index (χ3v) is 5.68. The fourth-order valence-electron chi connectivity index (χ4n) is 2.23. The zero-order valence-corrected chi connectivity index (χ0v) is 14.3. The molecule has 1 aliphatic rings. The Labute approximate surface area is 137 Å². The minimum absolute atomic E-state index is 0.0709. The van der Waals surface area contributed by atoms with Gasteiger partial charge < -0.3 is 10.2 Å². The van der Waals surface area contributed by atoms with Gasteiger partial charge in [-0.3, -0.25) is 15.1 Å².